The molecule has 0 bridgehead atoms. The molecule has 3 N–H and O–H groups in total. The van der Waals surface area contributed by atoms with E-state index in [0.717, 1.165) is 18.4 Å². The van der Waals surface area contributed by atoms with Crippen molar-refractivity contribution in [3.63, 3.8) is 0 Å². The fraction of sp³-hybridized carbons (Fsp3) is 0.417. The van der Waals surface area contributed by atoms with E-state index in [9.17, 15) is 0 Å². The predicted molar refractivity (Wildman–Crippen MR) is 64.0 cm³/mol. The van der Waals surface area contributed by atoms with Gasteiger partial charge in [0.15, 0.2) is 11.5 Å². The number of nitrogens with zero attached hydrogens (tertiary/aromatic N) is 1. The minimum absolute atomic E-state index is 0.0326. The molecule has 0 fully saturated rings. The molecule has 0 radical (unpaired) electrons. The summed E-state index contributed by atoms with van der Waals surface area (Å²) in [6.45, 7) is 0. The van der Waals surface area contributed by atoms with E-state index in [0.29, 0.717) is 11.5 Å². The molecule has 5 nitrogen and oxygen atoms in total. The second-order valence-electron chi connectivity index (χ2n) is 4.02. The Morgan fingerprint density at radius 2 is 2.00 bits per heavy atom. The fourth-order valence-electron chi connectivity index (χ4n) is 2.31. The number of hydrogen-bond donors (Lipinski definition) is 2. The third kappa shape index (κ3) is 1.88. The molecule has 1 aromatic carbocycles. The van der Waals surface area contributed by atoms with Crippen LogP contribution in [0.5, 0.6) is 11.5 Å². The molecule has 0 amide bonds. The van der Waals surface area contributed by atoms with Gasteiger partial charge in [-0.15, -0.1) is 0 Å². The number of benzene rings is 1. The zero-order valence-corrected chi connectivity index (χ0v) is 9.93. The monoisotopic (exact) mass is 236 g/mol. The third-order valence-electron chi connectivity index (χ3n) is 3.20. The minimum Gasteiger partial charge on any atom is -0.493 e. The van der Waals surface area contributed by atoms with Crippen LogP contribution in [-0.2, 0) is 6.42 Å². The first-order valence-electron chi connectivity index (χ1n) is 5.43. The zero-order valence-electron chi connectivity index (χ0n) is 9.93. The van der Waals surface area contributed by atoms with E-state index in [-0.39, 0.29) is 11.8 Å². The summed E-state index contributed by atoms with van der Waals surface area (Å²) in [5.74, 6) is 1.60. The van der Waals surface area contributed by atoms with E-state index in [1.165, 1.54) is 5.56 Å². The van der Waals surface area contributed by atoms with Crippen LogP contribution >= 0.6 is 0 Å². The maximum Gasteiger partial charge on any atom is 0.161 e. The van der Waals surface area contributed by atoms with Gasteiger partial charge >= 0.3 is 0 Å². The average molecular weight is 236 g/mol. The first-order chi connectivity index (χ1) is 8.21. The lowest BCUT2D eigenvalue weighted by Crippen LogP contribution is -2.20. The molecular weight excluding hydrogens is 220 g/mol. The number of rotatable bonds is 3. The van der Waals surface area contributed by atoms with E-state index >= 15 is 0 Å². The Balaban J connectivity index is 2.46. The van der Waals surface area contributed by atoms with Crippen molar-refractivity contribution < 1.29 is 14.7 Å². The maximum atomic E-state index is 8.76. The molecule has 17 heavy (non-hydrogen) atoms. The highest BCUT2D eigenvalue weighted by Gasteiger charge is 2.27. The third-order valence-corrected chi connectivity index (χ3v) is 3.20. The highest BCUT2D eigenvalue weighted by Crippen LogP contribution is 2.40. The summed E-state index contributed by atoms with van der Waals surface area (Å²) in [6, 6.07) is 3.86. The Morgan fingerprint density at radius 3 is 2.59 bits per heavy atom. The van der Waals surface area contributed by atoms with Crippen molar-refractivity contribution in [1.29, 1.82) is 0 Å². The first kappa shape index (κ1) is 11.6. The summed E-state index contributed by atoms with van der Waals surface area (Å²) in [5, 5.41) is 11.8. The van der Waals surface area contributed by atoms with Gasteiger partial charge < -0.3 is 20.4 Å². The van der Waals surface area contributed by atoms with Crippen LogP contribution in [0, 0.1) is 0 Å². The van der Waals surface area contributed by atoms with Crippen LogP contribution in [-0.4, -0.2) is 25.3 Å². The van der Waals surface area contributed by atoms with Gasteiger partial charge in [0, 0.05) is 5.92 Å². The van der Waals surface area contributed by atoms with Crippen molar-refractivity contribution >= 4 is 5.84 Å². The van der Waals surface area contributed by atoms with Gasteiger partial charge in [0.2, 0.25) is 0 Å². The summed E-state index contributed by atoms with van der Waals surface area (Å²) < 4.78 is 10.5. The molecular formula is C12H16N2O3. The lowest BCUT2D eigenvalue weighted by molar-refractivity contribution is 0.315. The smallest absolute Gasteiger partial charge is 0.161 e. The molecule has 1 aliphatic rings. The van der Waals surface area contributed by atoms with Gasteiger partial charge in [-0.25, -0.2) is 0 Å². The number of ether oxygens (including phenoxy) is 2. The molecule has 0 spiro atoms. The number of amidine groups is 1. The normalized spacial score (nSPS) is 18.9. The first-order valence-corrected chi connectivity index (χ1v) is 5.43. The SMILES string of the molecule is COc1cc2c(cc1OC)[C@@H](/C(N)=N/O)CC2. The van der Waals surface area contributed by atoms with Gasteiger partial charge in [-0.1, -0.05) is 5.16 Å². The van der Waals surface area contributed by atoms with Crippen molar-refractivity contribution in [2.45, 2.75) is 18.8 Å². The minimum atomic E-state index is -0.0326. The van der Waals surface area contributed by atoms with Crippen LogP contribution in [0.4, 0.5) is 0 Å². The molecule has 1 atom stereocenters. The summed E-state index contributed by atoms with van der Waals surface area (Å²) in [5.41, 5.74) is 7.90. The lowest BCUT2D eigenvalue weighted by Gasteiger charge is -2.13. The van der Waals surface area contributed by atoms with Crippen molar-refractivity contribution in [2.75, 3.05) is 14.2 Å². The molecule has 0 saturated carbocycles. The molecule has 92 valence electrons. The lowest BCUT2D eigenvalue weighted by atomic mass is 10.00. The van der Waals surface area contributed by atoms with Gasteiger partial charge in [-0.05, 0) is 36.1 Å². The second kappa shape index (κ2) is 4.53. The van der Waals surface area contributed by atoms with Gasteiger partial charge in [0.05, 0.1) is 14.2 Å². The number of oxime groups is 1. The Hall–Kier alpha value is -1.91. The Bertz CT molecular complexity index is 457. The summed E-state index contributed by atoms with van der Waals surface area (Å²) in [7, 11) is 3.21. The van der Waals surface area contributed by atoms with Crippen LogP contribution in [0.25, 0.3) is 0 Å². The van der Waals surface area contributed by atoms with E-state index in [1.54, 1.807) is 14.2 Å². The Morgan fingerprint density at radius 1 is 1.35 bits per heavy atom. The average Bonchev–Trinajstić information content (AvgIpc) is 2.78. The predicted octanol–water partition coefficient (Wildman–Crippen LogP) is 1.48. The number of hydrogen-bond acceptors (Lipinski definition) is 4. The van der Waals surface area contributed by atoms with Crippen molar-refractivity contribution in [2.24, 2.45) is 10.9 Å². The van der Waals surface area contributed by atoms with Crippen molar-refractivity contribution in [3.05, 3.63) is 23.3 Å². The van der Waals surface area contributed by atoms with E-state index in [2.05, 4.69) is 5.16 Å². The number of nitrogens with two attached hydrogens (primary N) is 1. The van der Waals surface area contributed by atoms with Crippen molar-refractivity contribution in [3.8, 4) is 11.5 Å². The van der Waals surface area contributed by atoms with Crippen molar-refractivity contribution in [1.82, 2.24) is 0 Å². The topological polar surface area (TPSA) is 77.1 Å². The van der Waals surface area contributed by atoms with Gasteiger partial charge in [-0.3, -0.25) is 0 Å². The molecule has 0 aliphatic heterocycles. The quantitative estimate of drug-likeness (QED) is 0.360. The van der Waals surface area contributed by atoms with E-state index in [1.807, 2.05) is 12.1 Å². The van der Waals surface area contributed by atoms with Crippen LogP contribution < -0.4 is 15.2 Å². The largest absolute Gasteiger partial charge is 0.493 e. The summed E-state index contributed by atoms with van der Waals surface area (Å²) in [6.07, 6.45) is 1.75. The van der Waals surface area contributed by atoms with E-state index < -0.39 is 0 Å². The fourth-order valence-corrected chi connectivity index (χ4v) is 2.31. The molecule has 1 aliphatic carbocycles. The number of fused-ring (bicyclic) bond motifs is 1. The van der Waals surface area contributed by atoms with Gasteiger partial charge in [0.1, 0.15) is 5.84 Å². The molecule has 0 saturated heterocycles. The Kier molecular flexibility index (Phi) is 3.08. The van der Waals surface area contributed by atoms with Crippen LogP contribution in [0.3, 0.4) is 0 Å². The highest BCUT2D eigenvalue weighted by atomic mass is 16.5. The molecule has 2 rings (SSSR count). The van der Waals surface area contributed by atoms with Gasteiger partial charge in [-0.2, -0.15) is 0 Å². The van der Waals surface area contributed by atoms with E-state index in [4.69, 9.17) is 20.4 Å². The molecule has 0 aromatic heterocycles. The molecule has 1 aromatic rings. The second-order valence-corrected chi connectivity index (χ2v) is 4.02. The van der Waals surface area contributed by atoms with Crippen LogP contribution in [0.15, 0.2) is 17.3 Å². The van der Waals surface area contributed by atoms with Gasteiger partial charge in [0.25, 0.3) is 0 Å². The van der Waals surface area contributed by atoms with Crippen LogP contribution in [0.1, 0.15) is 23.5 Å². The number of methoxy groups -OCH3 is 2. The molecule has 5 heteroatoms. The summed E-state index contributed by atoms with van der Waals surface area (Å²) >= 11 is 0. The summed E-state index contributed by atoms with van der Waals surface area (Å²) in [4.78, 5) is 0. The highest BCUT2D eigenvalue weighted by molar-refractivity contribution is 5.88. The Labute approximate surface area is 99.8 Å². The molecule has 0 unspecified atom stereocenters. The standard InChI is InChI=1S/C12H16N2O3/c1-16-10-5-7-3-4-8(12(13)14-15)9(7)6-11(10)17-2/h5-6,8,15H,3-4H2,1-2H3,(H2,13,14)/t8-/m0/s1. The van der Waals surface area contributed by atoms with Crippen LogP contribution in [0.2, 0.25) is 0 Å². The molecule has 0 heterocycles. The maximum absolute atomic E-state index is 8.76. The zero-order chi connectivity index (χ0) is 12.4. The number of aryl methyl sites for hydroxylation is 1.